The minimum absolute atomic E-state index is 0.00658. The van der Waals surface area contributed by atoms with Gasteiger partial charge in [0.15, 0.2) is 11.6 Å². The van der Waals surface area contributed by atoms with Gasteiger partial charge in [0.1, 0.15) is 35.6 Å². The SMILES string of the molecule is Cc1cc(N)nc(-c2c(Cl)c3c4c(nc(OCC5(CN6CCC7(CC6)CC(CN6CCN(c8ccc9c(c8)CN([C@H]8CCC(=O)NC8=O)C9=O)CC6)C7)CC5)nc4c2F)N(C(C)c2cccnc2N)CCO3)c1C(F)(F)F. The fraction of sp³-hybridized carbons (Fsp3) is 0.509. The molecule has 0 bridgehead atoms. The van der Waals surface area contributed by atoms with E-state index in [9.17, 15) is 27.6 Å². The smallest absolute Gasteiger partial charge is 0.418 e. The van der Waals surface area contributed by atoms with Crippen LogP contribution in [0.15, 0.2) is 42.6 Å². The molecule has 5 aliphatic heterocycles. The monoisotopic (exact) mass is 1080 g/mol. The summed E-state index contributed by atoms with van der Waals surface area (Å²) in [6.45, 7) is 11.6. The molecule has 2 saturated carbocycles. The normalized spacial score (nSPS) is 21.9. The Labute approximate surface area is 447 Å². The summed E-state index contributed by atoms with van der Waals surface area (Å²) in [6, 6.07) is 9.42. The van der Waals surface area contributed by atoms with Crippen LogP contribution in [0.1, 0.15) is 96.9 Å². The molecule has 3 aromatic heterocycles. The summed E-state index contributed by atoms with van der Waals surface area (Å²) < 4.78 is 74.2. The van der Waals surface area contributed by atoms with E-state index < -0.39 is 51.8 Å². The molecule has 5 aromatic rings. The van der Waals surface area contributed by atoms with E-state index in [2.05, 4.69) is 41.0 Å². The summed E-state index contributed by atoms with van der Waals surface area (Å²) in [7, 11) is 0. The van der Waals surface area contributed by atoms with Crippen molar-refractivity contribution in [1.82, 2.24) is 40.0 Å². The van der Waals surface area contributed by atoms with Gasteiger partial charge in [0.2, 0.25) is 11.8 Å². The number of piperazine rings is 1. The molecule has 406 valence electrons. The third kappa shape index (κ3) is 9.48. The zero-order valence-corrected chi connectivity index (χ0v) is 43.8. The van der Waals surface area contributed by atoms with Gasteiger partial charge in [0.05, 0.1) is 46.4 Å². The number of imide groups is 1. The second-order valence-corrected chi connectivity index (χ2v) is 22.9. The van der Waals surface area contributed by atoms with Crippen molar-refractivity contribution >= 4 is 63.4 Å². The van der Waals surface area contributed by atoms with Gasteiger partial charge in [0, 0.05) is 80.7 Å². The molecule has 8 heterocycles. The maximum atomic E-state index is 17.4. The highest BCUT2D eigenvalue weighted by Gasteiger charge is 2.50. The molecule has 3 saturated heterocycles. The van der Waals surface area contributed by atoms with Crippen LogP contribution in [0.2, 0.25) is 5.02 Å². The van der Waals surface area contributed by atoms with Crippen molar-refractivity contribution in [3.05, 3.63) is 81.3 Å². The number of aromatic nitrogens is 4. The molecule has 77 heavy (non-hydrogen) atoms. The maximum absolute atomic E-state index is 17.4. The van der Waals surface area contributed by atoms with Crippen molar-refractivity contribution in [2.75, 3.05) is 93.4 Å². The van der Waals surface area contributed by atoms with Gasteiger partial charge in [-0.1, -0.05) is 17.7 Å². The van der Waals surface area contributed by atoms with Crippen LogP contribution >= 0.6 is 11.6 Å². The number of pyridine rings is 2. The predicted molar refractivity (Wildman–Crippen MR) is 281 cm³/mol. The molecule has 0 radical (unpaired) electrons. The number of carbonyl (C=O) groups is 3. The lowest BCUT2D eigenvalue weighted by Gasteiger charge is -2.54. The Balaban J connectivity index is 0.689. The van der Waals surface area contributed by atoms with E-state index in [-0.39, 0.29) is 89.1 Å². The second kappa shape index (κ2) is 19.4. The topological polar surface area (TPSA) is 201 Å². The summed E-state index contributed by atoms with van der Waals surface area (Å²) in [6.07, 6.45) is 3.79. The fourth-order valence-electron chi connectivity index (χ4n) is 13.2. The van der Waals surface area contributed by atoms with E-state index >= 15 is 4.39 Å². The minimum atomic E-state index is -4.93. The molecule has 1 unspecified atom stereocenters. The number of nitrogens with zero attached hydrogens (tertiary/aromatic N) is 9. The number of halogens is 5. The molecule has 2 atom stereocenters. The molecule has 3 amide bonds. The van der Waals surface area contributed by atoms with E-state index in [0.29, 0.717) is 35.4 Å². The molecule has 2 aromatic carbocycles. The first kappa shape index (κ1) is 51.2. The average molecular weight is 1080 g/mol. The number of amides is 3. The number of benzene rings is 2. The van der Waals surface area contributed by atoms with Crippen LogP contribution in [-0.2, 0) is 22.3 Å². The average Bonchev–Trinajstić information content (AvgIpc) is 4.18. The third-order valence-corrected chi connectivity index (χ3v) is 17.8. The Hall–Kier alpha value is -6.58. The summed E-state index contributed by atoms with van der Waals surface area (Å²) in [4.78, 5) is 66.2. The number of carbonyl (C=O) groups excluding carboxylic acids is 3. The van der Waals surface area contributed by atoms with Gasteiger partial charge in [0.25, 0.3) is 5.91 Å². The number of aryl methyl sites for hydroxylation is 1. The van der Waals surface area contributed by atoms with E-state index in [1.54, 1.807) is 17.2 Å². The molecule has 17 nitrogen and oxygen atoms in total. The van der Waals surface area contributed by atoms with Crippen LogP contribution in [0.3, 0.4) is 0 Å². The Kier molecular flexibility index (Phi) is 12.9. The third-order valence-electron chi connectivity index (χ3n) is 17.5. The highest BCUT2D eigenvalue weighted by molar-refractivity contribution is 6.36. The number of rotatable bonds is 12. The fourth-order valence-corrected chi connectivity index (χ4v) is 13.5. The highest BCUT2D eigenvalue weighted by atomic mass is 35.5. The molecular formula is C55H61ClF4N12O5. The van der Waals surface area contributed by atoms with Crippen LogP contribution in [0.25, 0.3) is 22.2 Å². The number of hydrogen-bond acceptors (Lipinski definition) is 15. The van der Waals surface area contributed by atoms with Crippen LogP contribution in [0, 0.1) is 29.5 Å². The molecule has 5 fully saturated rings. The summed E-state index contributed by atoms with van der Waals surface area (Å²) in [5.74, 6) is -1.17. The van der Waals surface area contributed by atoms with Gasteiger partial charge in [-0.2, -0.15) is 23.1 Å². The maximum Gasteiger partial charge on any atom is 0.418 e. The number of likely N-dealkylation sites (tertiary alicyclic amines) is 1. The Morgan fingerprint density at radius 1 is 0.961 bits per heavy atom. The van der Waals surface area contributed by atoms with Gasteiger partial charge in [-0.05, 0) is 125 Å². The summed E-state index contributed by atoms with van der Waals surface area (Å²) >= 11 is 6.93. The zero-order chi connectivity index (χ0) is 53.7. The molecular weight excluding hydrogens is 1020 g/mol. The first-order chi connectivity index (χ1) is 36.9. The lowest BCUT2D eigenvalue weighted by atomic mass is 9.57. The molecule has 22 heteroatoms. The first-order valence-corrected chi connectivity index (χ1v) is 27.0. The van der Waals surface area contributed by atoms with E-state index in [4.69, 9.17) is 37.5 Å². The van der Waals surface area contributed by atoms with Crippen molar-refractivity contribution in [2.45, 2.75) is 90.0 Å². The number of piperidine rings is 2. The Morgan fingerprint density at radius 3 is 2.44 bits per heavy atom. The van der Waals surface area contributed by atoms with E-state index in [1.165, 1.54) is 19.8 Å². The van der Waals surface area contributed by atoms with Crippen molar-refractivity contribution in [2.24, 2.45) is 16.7 Å². The van der Waals surface area contributed by atoms with Gasteiger partial charge in [-0.25, -0.2) is 14.4 Å². The largest absolute Gasteiger partial charge is 0.489 e. The number of fused-ring (bicyclic) bond motifs is 1. The van der Waals surface area contributed by atoms with Gasteiger partial charge < -0.3 is 40.5 Å². The first-order valence-electron chi connectivity index (χ1n) is 26.6. The zero-order valence-electron chi connectivity index (χ0n) is 43.0. The van der Waals surface area contributed by atoms with Crippen molar-refractivity contribution in [3.63, 3.8) is 0 Å². The number of alkyl halides is 3. The lowest BCUT2D eigenvalue weighted by molar-refractivity contribution is -0.138. The number of nitrogens with one attached hydrogen (secondary N) is 1. The number of hydrogen-bond donors (Lipinski definition) is 3. The number of nitrogen functional groups attached to an aromatic ring is 2. The molecule has 12 rings (SSSR count). The molecule has 7 aliphatic rings. The van der Waals surface area contributed by atoms with Crippen LogP contribution < -0.4 is 36.1 Å². The highest BCUT2D eigenvalue weighted by Crippen LogP contribution is 2.55. The Morgan fingerprint density at radius 2 is 1.73 bits per heavy atom. The Bertz CT molecular complexity index is 3210. The number of ether oxygens (including phenoxy) is 2. The van der Waals surface area contributed by atoms with E-state index in [1.807, 2.05) is 30.0 Å². The molecule has 1 spiro atoms. The molecule has 2 aliphatic carbocycles. The van der Waals surface area contributed by atoms with Gasteiger partial charge in [-0.15, -0.1) is 0 Å². The molecule has 5 N–H and O–H groups in total. The van der Waals surface area contributed by atoms with Crippen molar-refractivity contribution in [3.8, 4) is 23.0 Å². The minimum Gasteiger partial charge on any atom is -0.489 e. The number of nitrogens with two attached hydrogens (primary N) is 2. The van der Waals surface area contributed by atoms with Gasteiger partial charge >= 0.3 is 12.2 Å². The van der Waals surface area contributed by atoms with E-state index in [0.717, 1.165) is 95.4 Å². The summed E-state index contributed by atoms with van der Waals surface area (Å²) in [5.41, 5.74) is 12.7. The van der Waals surface area contributed by atoms with Crippen LogP contribution in [0.5, 0.6) is 11.8 Å². The van der Waals surface area contributed by atoms with Crippen molar-refractivity contribution < 1.29 is 41.4 Å². The second-order valence-electron chi connectivity index (χ2n) is 22.5. The van der Waals surface area contributed by atoms with Crippen molar-refractivity contribution in [1.29, 1.82) is 0 Å². The number of anilines is 4. The standard InChI is InChI=1S/C55H61ClF4N12O5/c1-30-22-38(61)64-45(42(30)55(58,59)60)40-43(56)47-41-46(44(40)57)66-52(67-49(41)71(20-21-76-47)31(2)35-4-3-13-63-48(35)62)77-29-54(9-10-54)28-69-14-11-53(12-15-69)24-32(25-53)26-68-16-18-70(19-17-68)34-5-6-36-33(23-34)27-72(51(36)75)37-7-8-39(73)65-50(37)74/h3-6,13,22-23,31-32,37H,7-12,14-21,24-29H2,1-2H3,(H2,61,64)(H2,62,63)(H,65,73,74)/t31?,37-/m0/s1. The summed E-state index contributed by atoms with van der Waals surface area (Å²) in [5, 5.41) is 2.03. The lowest BCUT2D eigenvalue weighted by Crippen LogP contribution is -2.53. The van der Waals surface area contributed by atoms with Crippen LogP contribution in [-0.4, -0.2) is 131 Å². The van der Waals surface area contributed by atoms with Crippen LogP contribution in [0.4, 0.5) is 40.7 Å². The quantitative estimate of drug-likeness (QED) is 0.0816. The van der Waals surface area contributed by atoms with Gasteiger partial charge in [-0.3, -0.25) is 24.6 Å². The predicted octanol–water partition coefficient (Wildman–Crippen LogP) is 7.57.